The summed E-state index contributed by atoms with van der Waals surface area (Å²) in [4.78, 5) is 10.0. The molecule has 2 rings (SSSR count). The highest BCUT2D eigenvalue weighted by Crippen LogP contribution is 2.31. The summed E-state index contributed by atoms with van der Waals surface area (Å²) in [6, 6.07) is 3.61. The Labute approximate surface area is 124 Å². The fraction of sp³-hybridized carbons (Fsp3) is 0.500. The van der Waals surface area contributed by atoms with Gasteiger partial charge in [0.15, 0.2) is 0 Å². The second-order valence-electron chi connectivity index (χ2n) is 4.59. The van der Waals surface area contributed by atoms with E-state index in [0.29, 0.717) is 0 Å². The van der Waals surface area contributed by atoms with E-state index in [2.05, 4.69) is 0 Å². The van der Waals surface area contributed by atoms with Gasteiger partial charge in [0.2, 0.25) is 6.29 Å². The van der Waals surface area contributed by atoms with Crippen LogP contribution in [0.5, 0.6) is 5.75 Å². The van der Waals surface area contributed by atoms with Gasteiger partial charge < -0.3 is 24.8 Å². The average Bonchev–Trinajstić information content (AvgIpc) is 2.43. The quantitative estimate of drug-likeness (QED) is 0.544. The Morgan fingerprint density at radius 1 is 1.43 bits per heavy atom. The van der Waals surface area contributed by atoms with Gasteiger partial charge in [-0.3, -0.25) is 10.1 Å². The van der Waals surface area contributed by atoms with E-state index in [4.69, 9.17) is 26.2 Å². The van der Waals surface area contributed by atoms with Gasteiger partial charge in [-0.25, -0.2) is 0 Å². The highest BCUT2D eigenvalue weighted by molar-refractivity contribution is 6.32. The van der Waals surface area contributed by atoms with Crippen molar-refractivity contribution in [2.24, 2.45) is 0 Å². The number of nitro groups is 1. The molecule has 0 spiro atoms. The van der Waals surface area contributed by atoms with Gasteiger partial charge in [-0.05, 0) is 6.07 Å². The molecule has 1 aromatic carbocycles. The van der Waals surface area contributed by atoms with Gasteiger partial charge in [-0.1, -0.05) is 11.6 Å². The molecule has 8 nitrogen and oxygen atoms in total. The van der Waals surface area contributed by atoms with Gasteiger partial charge in [0.25, 0.3) is 5.69 Å². The molecule has 1 aromatic rings. The van der Waals surface area contributed by atoms with Crippen LogP contribution in [0.4, 0.5) is 5.69 Å². The molecule has 0 bridgehead atoms. The number of non-ortho nitro benzene ring substituents is 1. The summed E-state index contributed by atoms with van der Waals surface area (Å²) in [5.41, 5.74) is -0.193. The summed E-state index contributed by atoms with van der Waals surface area (Å²) in [7, 11) is 0. The number of nitro benzene ring substituents is 1. The van der Waals surface area contributed by atoms with Crippen molar-refractivity contribution < 1.29 is 29.7 Å². The lowest BCUT2D eigenvalue weighted by Crippen LogP contribution is -2.51. The summed E-state index contributed by atoms with van der Waals surface area (Å²) in [5, 5.41) is 39.0. The van der Waals surface area contributed by atoms with Gasteiger partial charge in [0.1, 0.15) is 18.0 Å². The van der Waals surface area contributed by atoms with Crippen LogP contribution in [0.2, 0.25) is 5.02 Å². The third-order valence-corrected chi connectivity index (χ3v) is 3.38. The molecule has 0 aliphatic carbocycles. The fourth-order valence-electron chi connectivity index (χ4n) is 1.96. The van der Waals surface area contributed by atoms with E-state index < -0.39 is 36.1 Å². The molecule has 3 N–H and O–H groups in total. The zero-order valence-corrected chi connectivity index (χ0v) is 11.5. The Bertz CT molecular complexity index is 526. The van der Waals surface area contributed by atoms with Crippen molar-refractivity contribution in [1.29, 1.82) is 0 Å². The van der Waals surface area contributed by atoms with Gasteiger partial charge in [0, 0.05) is 18.6 Å². The predicted octanol–water partition coefficient (Wildman–Crippen LogP) is 0.456. The van der Waals surface area contributed by atoms with E-state index in [0.717, 1.165) is 6.07 Å². The highest BCUT2D eigenvalue weighted by Gasteiger charge is 2.37. The van der Waals surface area contributed by atoms with Crippen LogP contribution in [0.15, 0.2) is 18.2 Å². The van der Waals surface area contributed by atoms with E-state index in [1.54, 1.807) is 0 Å². The van der Waals surface area contributed by atoms with Crippen LogP contribution in [0.1, 0.15) is 6.42 Å². The minimum atomic E-state index is -1.13. The molecular formula is C12H14ClNO7. The van der Waals surface area contributed by atoms with E-state index in [1.807, 2.05) is 0 Å². The number of nitrogens with zero attached hydrogens (tertiary/aromatic N) is 1. The van der Waals surface area contributed by atoms with Crippen LogP contribution < -0.4 is 4.74 Å². The number of benzene rings is 1. The first-order chi connectivity index (χ1) is 9.92. The molecule has 0 radical (unpaired) electrons. The Kier molecular flexibility index (Phi) is 4.96. The number of aliphatic hydroxyl groups excluding tert-OH is 3. The zero-order valence-electron chi connectivity index (χ0n) is 10.8. The molecule has 1 aliphatic heterocycles. The minimum absolute atomic E-state index is 0.00771. The van der Waals surface area contributed by atoms with Gasteiger partial charge in [0.05, 0.1) is 22.7 Å². The number of aliphatic hydroxyl groups is 3. The van der Waals surface area contributed by atoms with Crippen molar-refractivity contribution >= 4 is 17.3 Å². The molecule has 4 atom stereocenters. The summed E-state index contributed by atoms with van der Waals surface area (Å²) in [6.07, 6.45) is -4.16. The van der Waals surface area contributed by atoms with Crippen molar-refractivity contribution in [3.8, 4) is 5.75 Å². The number of ether oxygens (including phenoxy) is 2. The molecule has 21 heavy (non-hydrogen) atoms. The summed E-state index contributed by atoms with van der Waals surface area (Å²) in [6.45, 7) is -0.429. The van der Waals surface area contributed by atoms with Crippen LogP contribution in [-0.4, -0.2) is 51.5 Å². The first-order valence-electron chi connectivity index (χ1n) is 6.15. The van der Waals surface area contributed by atoms with Crippen molar-refractivity contribution in [3.05, 3.63) is 33.3 Å². The Balaban J connectivity index is 2.12. The zero-order chi connectivity index (χ0) is 15.6. The number of hydrogen-bond donors (Lipinski definition) is 3. The first kappa shape index (κ1) is 15.9. The van der Waals surface area contributed by atoms with Crippen LogP contribution in [0.25, 0.3) is 0 Å². The van der Waals surface area contributed by atoms with Crippen LogP contribution >= 0.6 is 11.6 Å². The van der Waals surface area contributed by atoms with Gasteiger partial charge in [-0.15, -0.1) is 0 Å². The van der Waals surface area contributed by atoms with Gasteiger partial charge in [-0.2, -0.15) is 0 Å². The molecule has 1 fully saturated rings. The van der Waals surface area contributed by atoms with Crippen LogP contribution in [0.3, 0.4) is 0 Å². The summed E-state index contributed by atoms with van der Waals surface area (Å²) < 4.78 is 10.6. The highest BCUT2D eigenvalue weighted by atomic mass is 35.5. The maximum Gasteiger partial charge on any atom is 0.271 e. The second kappa shape index (κ2) is 6.54. The Hall–Kier alpha value is -1.45. The minimum Gasteiger partial charge on any atom is -0.461 e. The molecular weight excluding hydrogens is 306 g/mol. The standard InChI is InChI=1S/C12H14ClNO7/c13-7-3-6(14(18)19)1-2-10(7)20-12-9(17)4-8(16)11(5-15)21-12/h1-3,8-9,11-12,15-17H,4-5H2/t8-,9+,11+,12-/m0/s1. The van der Waals surface area contributed by atoms with Crippen LogP contribution in [0, 0.1) is 10.1 Å². The first-order valence-corrected chi connectivity index (χ1v) is 6.53. The smallest absolute Gasteiger partial charge is 0.271 e. The maximum atomic E-state index is 10.6. The molecule has 116 valence electrons. The largest absolute Gasteiger partial charge is 0.461 e. The lowest BCUT2D eigenvalue weighted by Gasteiger charge is -2.36. The molecule has 9 heteroatoms. The normalized spacial score (nSPS) is 29.1. The third kappa shape index (κ3) is 3.60. The lowest BCUT2D eigenvalue weighted by molar-refractivity contribution is -0.384. The van der Waals surface area contributed by atoms with Crippen molar-refractivity contribution in [1.82, 2.24) is 0 Å². The van der Waals surface area contributed by atoms with E-state index >= 15 is 0 Å². The fourth-order valence-corrected chi connectivity index (χ4v) is 2.18. The third-order valence-electron chi connectivity index (χ3n) is 3.08. The molecule has 0 amide bonds. The number of hydrogen-bond acceptors (Lipinski definition) is 7. The van der Waals surface area contributed by atoms with Crippen LogP contribution in [-0.2, 0) is 4.74 Å². The number of rotatable bonds is 4. The predicted molar refractivity (Wildman–Crippen MR) is 71.1 cm³/mol. The second-order valence-corrected chi connectivity index (χ2v) is 4.99. The van der Waals surface area contributed by atoms with Crippen molar-refractivity contribution in [3.63, 3.8) is 0 Å². The van der Waals surface area contributed by atoms with E-state index in [9.17, 15) is 20.3 Å². The molecule has 0 saturated carbocycles. The SMILES string of the molecule is O=[N+]([O-])c1ccc(O[C@H]2O[C@H](CO)[C@@H](O)C[C@H]2O)c(Cl)c1. The van der Waals surface area contributed by atoms with Gasteiger partial charge >= 0.3 is 0 Å². The summed E-state index contributed by atoms with van der Waals surface area (Å²) in [5.74, 6) is 0.0967. The van der Waals surface area contributed by atoms with Crippen molar-refractivity contribution in [2.45, 2.75) is 31.0 Å². The molecule has 1 aliphatic rings. The number of halogens is 1. The summed E-state index contributed by atoms with van der Waals surface area (Å²) >= 11 is 5.87. The topological polar surface area (TPSA) is 122 Å². The van der Waals surface area contributed by atoms with E-state index in [1.165, 1.54) is 12.1 Å². The Morgan fingerprint density at radius 3 is 2.71 bits per heavy atom. The Morgan fingerprint density at radius 2 is 2.14 bits per heavy atom. The average molecular weight is 320 g/mol. The van der Waals surface area contributed by atoms with E-state index in [-0.39, 0.29) is 22.9 Å². The molecule has 1 heterocycles. The molecule has 0 aromatic heterocycles. The maximum absolute atomic E-state index is 10.6. The molecule has 1 saturated heterocycles. The molecule has 0 unspecified atom stereocenters. The monoisotopic (exact) mass is 319 g/mol. The van der Waals surface area contributed by atoms with Crippen molar-refractivity contribution in [2.75, 3.05) is 6.61 Å². The lowest BCUT2D eigenvalue weighted by atomic mass is 10.0.